The zero-order valence-electron chi connectivity index (χ0n) is 9.35. The Balaban J connectivity index is 1.94. The lowest BCUT2D eigenvalue weighted by molar-refractivity contribution is 0.0968. The van der Waals surface area contributed by atoms with Crippen molar-refractivity contribution in [3.63, 3.8) is 0 Å². The van der Waals surface area contributed by atoms with Crippen LogP contribution in [0.2, 0.25) is 0 Å². The van der Waals surface area contributed by atoms with Gasteiger partial charge in [-0.25, -0.2) is 0 Å². The lowest BCUT2D eigenvalue weighted by atomic mass is 10.1. The average Bonchev–Trinajstić information content (AvgIpc) is 2.97. The number of Topliss-reactive ketones (excluding diaryl/α,β-unsaturated/α-hetero) is 1. The number of hydrogen-bond acceptors (Lipinski definition) is 3. The number of benzene rings is 1. The molecule has 1 aromatic carbocycles. The highest BCUT2D eigenvalue weighted by Crippen LogP contribution is 2.27. The number of ketones is 1. The fourth-order valence-corrected chi connectivity index (χ4v) is 2.96. The highest BCUT2D eigenvalue weighted by molar-refractivity contribution is 9.10. The van der Waals surface area contributed by atoms with Crippen LogP contribution in [0.3, 0.4) is 0 Å². The van der Waals surface area contributed by atoms with Crippen molar-refractivity contribution in [3.8, 4) is 0 Å². The molecule has 2 heterocycles. The van der Waals surface area contributed by atoms with Crippen molar-refractivity contribution in [2.24, 2.45) is 0 Å². The summed E-state index contributed by atoms with van der Waals surface area (Å²) in [5.41, 5.74) is 1.76. The molecule has 18 heavy (non-hydrogen) atoms. The van der Waals surface area contributed by atoms with Gasteiger partial charge in [-0.05, 0) is 50.5 Å². The minimum absolute atomic E-state index is 0.0106. The number of furan rings is 1. The Labute approximate surface area is 116 Å². The first kappa shape index (κ1) is 11.7. The molecule has 0 amide bonds. The fraction of sp³-hybridized carbons (Fsp3) is 0.0714. The number of thiophene rings is 1. The van der Waals surface area contributed by atoms with Crippen LogP contribution in [0.4, 0.5) is 0 Å². The molecule has 0 aliphatic rings. The number of rotatable bonds is 3. The highest BCUT2D eigenvalue weighted by atomic mass is 79.9. The van der Waals surface area contributed by atoms with E-state index in [0.717, 1.165) is 21.0 Å². The minimum atomic E-state index is 0.0106. The Kier molecular flexibility index (Phi) is 3.06. The first-order valence-electron chi connectivity index (χ1n) is 5.46. The summed E-state index contributed by atoms with van der Waals surface area (Å²) < 4.78 is 6.49. The van der Waals surface area contributed by atoms with Gasteiger partial charge >= 0.3 is 0 Å². The summed E-state index contributed by atoms with van der Waals surface area (Å²) in [5, 5.41) is 4.90. The molecule has 3 aromatic rings. The smallest absolute Gasteiger partial charge is 0.202 e. The zero-order chi connectivity index (χ0) is 12.5. The van der Waals surface area contributed by atoms with Crippen LogP contribution in [-0.2, 0) is 6.42 Å². The van der Waals surface area contributed by atoms with E-state index in [1.165, 1.54) is 0 Å². The molecule has 0 unspecified atom stereocenters. The third-order valence-corrected chi connectivity index (χ3v) is 4.07. The standard InChI is InChI=1S/C14H9BrO2S/c15-11-3-1-2-10-7-13(17-14(10)11)12(16)6-9-4-5-18-8-9/h1-5,7-8H,6H2. The molecule has 3 rings (SSSR count). The van der Waals surface area contributed by atoms with Crippen molar-refractivity contribution in [3.05, 3.63) is 56.9 Å². The van der Waals surface area contributed by atoms with Gasteiger partial charge in [0.25, 0.3) is 0 Å². The zero-order valence-corrected chi connectivity index (χ0v) is 11.8. The lowest BCUT2D eigenvalue weighted by Gasteiger charge is -1.94. The first-order chi connectivity index (χ1) is 8.74. The normalized spacial score (nSPS) is 10.9. The Morgan fingerprint density at radius 1 is 1.33 bits per heavy atom. The molecule has 90 valence electrons. The average molecular weight is 321 g/mol. The fourth-order valence-electron chi connectivity index (χ4n) is 1.83. The molecule has 4 heteroatoms. The SMILES string of the molecule is O=C(Cc1ccsc1)c1cc2cccc(Br)c2o1. The Morgan fingerprint density at radius 2 is 2.22 bits per heavy atom. The van der Waals surface area contributed by atoms with Crippen molar-refractivity contribution in [1.82, 2.24) is 0 Å². The van der Waals surface area contributed by atoms with Crippen LogP contribution in [0.1, 0.15) is 16.1 Å². The molecule has 0 fully saturated rings. The maximum Gasteiger partial charge on any atom is 0.202 e. The summed E-state index contributed by atoms with van der Waals surface area (Å²) >= 11 is 5.01. The van der Waals surface area contributed by atoms with E-state index in [1.54, 1.807) is 17.4 Å². The number of hydrogen-bond donors (Lipinski definition) is 0. The van der Waals surface area contributed by atoms with Gasteiger partial charge in [0, 0.05) is 11.8 Å². The van der Waals surface area contributed by atoms with Gasteiger partial charge in [-0.3, -0.25) is 4.79 Å². The second-order valence-electron chi connectivity index (χ2n) is 4.00. The van der Waals surface area contributed by atoms with Crippen LogP contribution >= 0.6 is 27.3 Å². The summed E-state index contributed by atoms with van der Waals surface area (Å²) in [5.74, 6) is 0.430. The predicted molar refractivity (Wildman–Crippen MR) is 76.3 cm³/mol. The predicted octanol–water partition coefficient (Wildman–Crippen LogP) is 4.68. The number of carbonyl (C=O) groups excluding carboxylic acids is 1. The Bertz CT molecular complexity index is 698. The summed E-state index contributed by atoms with van der Waals surface area (Å²) in [6.07, 6.45) is 0.390. The number of halogens is 1. The van der Waals surface area contributed by atoms with E-state index in [2.05, 4.69) is 15.9 Å². The molecule has 2 aromatic heterocycles. The van der Waals surface area contributed by atoms with E-state index in [0.29, 0.717) is 12.2 Å². The molecule has 2 nitrogen and oxygen atoms in total. The van der Waals surface area contributed by atoms with Crippen molar-refractivity contribution >= 4 is 44.0 Å². The molecule has 0 aliphatic carbocycles. The van der Waals surface area contributed by atoms with Crippen LogP contribution in [0.15, 0.2) is 50.0 Å². The van der Waals surface area contributed by atoms with Crippen molar-refractivity contribution < 1.29 is 9.21 Å². The van der Waals surface area contributed by atoms with E-state index in [-0.39, 0.29) is 5.78 Å². The maximum atomic E-state index is 12.1. The minimum Gasteiger partial charge on any atom is -0.452 e. The molecular formula is C14H9BrO2S. The van der Waals surface area contributed by atoms with Crippen LogP contribution in [0.5, 0.6) is 0 Å². The quantitative estimate of drug-likeness (QED) is 0.656. The van der Waals surface area contributed by atoms with Gasteiger partial charge in [0.1, 0.15) is 5.58 Å². The Hall–Kier alpha value is -1.39. The molecule has 0 atom stereocenters. The van der Waals surface area contributed by atoms with Crippen molar-refractivity contribution in [1.29, 1.82) is 0 Å². The van der Waals surface area contributed by atoms with Gasteiger partial charge in [-0.15, -0.1) is 0 Å². The summed E-state index contributed by atoms with van der Waals surface area (Å²) in [4.78, 5) is 12.1. The summed E-state index contributed by atoms with van der Waals surface area (Å²) in [7, 11) is 0. The second-order valence-corrected chi connectivity index (χ2v) is 5.63. The third-order valence-electron chi connectivity index (χ3n) is 2.72. The van der Waals surface area contributed by atoms with E-state index in [1.807, 2.05) is 35.0 Å². The number of para-hydroxylation sites is 1. The lowest BCUT2D eigenvalue weighted by Crippen LogP contribution is -2.00. The highest BCUT2D eigenvalue weighted by Gasteiger charge is 2.14. The van der Waals surface area contributed by atoms with Gasteiger partial charge in [0.05, 0.1) is 4.47 Å². The summed E-state index contributed by atoms with van der Waals surface area (Å²) in [6, 6.07) is 9.52. The monoisotopic (exact) mass is 320 g/mol. The van der Waals surface area contributed by atoms with E-state index in [4.69, 9.17) is 4.42 Å². The van der Waals surface area contributed by atoms with Gasteiger partial charge in [0.2, 0.25) is 5.78 Å². The van der Waals surface area contributed by atoms with Crippen molar-refractivity contribution in [2.75, 3.05) is 0 Å². The molecule has 0 saturated heterocycles. The molecule has 0 N–H and O–H groups in total. The van der Waals surface area contributed by atoms with Gasteiger partial charge in [0.15, 0.2) is 5.76 Å². The van der Waals surface area contributed by atoms with Crippen molar-refractivity contribution in [2.45, 2.75) is 6.42 Å². The molecule has 0 spiro atoms. The van der Waals surface area contributed by atoms with E-state index >= 15 is 0 Å². The van der Waals surface area contributed by atoms with Crippen LogP contribution < -0.4 is 0 Å². The molecule has 0 saturated carbocycles. The van der Waals surface area contributed by atoms with E-state index in [9.17, 15) is 4.79 Å². The first-order valence-corrected chi connectivity index (χ1v) is 7.20. The van der Waals surface area contributed by atoms with Gasteiger partial charge < -0.3 is 4.42 Å². The topological polar surface area (TPSA) is 30.2 Å². The maximum absolute atomic E-state index is 12.1. The molecule has 0 bridgehead atoms. The Morgan fingerprint density at radius 3 is 2.94 bits per heavy atom. The number of fused-ring (bicyclic) bond motifs is 1. The molecule has 0 aliphatic heterocycles. The van der Waals surface area contributed by atoms with Gasteiger partial charge in [-0.2, -0.15) is 11.3 Å². The van der Waals surface area contributed by atoms with Gasteiger partial charge in [-0.1, -0.05) is 12.1 Å². The largest absolute Gasteiger partial charge is 0.452 e. The third kappa shape index (κ3) is 2.13. The van der Waals surface area contributed by atoms with Crippen LogP contribution in [-0.4, -0.2) is 5.78 Å². The van der Waals surface area contributed by atoms with E-state index < -0.39 is 0 Å². The molecular weight excluding hydrogens is 312 g/mol. The van der Waals surface area contributed by atoms with Crippen LogP contribution in [0, 0.1) is 0 Å². The van der Waals surface area contributed by atoms with Crippen LogP contribution in [0.25, 0.3) is 11.0 Å². The number of carbonyl (C=O) groups is 1. The second kappa shape index (κ2) is 4.71. The molecule has 0 radical (unpaired) electrons. The summed E-state index contributed by atoms with van der Waals surface area (Å²) in [6.45, 7) is 0.